The first-order chi connectivity index (χ1) is 12.4. The molecule has 2 aromatic carbocycles. The molecule has 3 aromatic rings. The van der Waals surface area contributed by atoms with Gasteiger partial charge in [-0.1, -0.05) is 12.1 Å². The molecule has 0 bridgehead atoms. The first kappa shape index (κ1) is 17.1. The zero-order valence-electron chi connectivity index (χ0n) is 14.0. The fourth-order valence-electron chi connectivity index (χ4n) is 3.71. The van der Waals surface area contributed by atoms with E-state index in [-0.39, 0.29) is 5.82 Å². The Labute approximate surface area is 148 Å². The lowest BCUT2D eigenvalue weighted by molar-refractivity contribution is -0.137. The third-order valence-corrected chi connectivity index (χ3v) is 4.99. The number of rotatable bonds is 3. The minimum atomic E-state index is -4.31. The molecule has 0 atom stereocenters. The number of aryl methyl sites for hydroxylation is 2. The van der Waals surface area contributed by atoms with E-state index in [0.717, 1.165) is 47.1 Å². The van der Waals surface area contributed by atoms with E-state index in [1.165, 1.54) is 23.9 Å². The van der Waals surface area contributed by atoms with E-state index in [4.69, 9.17) is 0 Å². The summed E-state index contributed by atoms with van der Waals surface area (Å²) in [6.45, 7) is 2.23. The van der Waals surface area contributed by atoms with Crippen molar-refractivity contribution in [3.63, 3.8) is 0 Å². The van der Waals surface area contributed by atoms with Crippen molar-refractivity contribution in [2.24, 2.45) is 0 Å². The van der Waals surface area contributed by atoms with Crippen LogP contribution in [-0.2, 0) is 32.1 Å². The van der Waals surface area contributed by atoms with Crippen LogP contribution in [0.3, 0.4) is 0 Å². The van der Waals surface area contributed by atoms with E-state index >= 15 is 0 Å². The summed E-state index contributed by atoms with van der Waals surface area (Å²) in [7, 11) is 0. The highest BCUT2D eigenvalue weighted by Gasteiger charge is 2.30. The van der Waals surface area contributed by atoms with Crippen LogP contribution in [-0.4, -0.2) is 11.1 Å². The summed E-state index contributed by atoms with van der Waals surface area (Å²) in [6.07, 6.45) is -2.83. The largest absolute Gasteiger partial charge is 0.416 e. The molecule has 0 fully saturated rings. The third-order valence-electron chi connectivity index (χ3n) is 4.99. The highest BCUT2D eigenvalue weighted by atomic mass is 19.4. The van der Waals surface area contributed by atoms with Gasteiger partial charge < -0.3 is 9.88 Å². The lowest BCUT2D eigenvalue weighted by Gasteiger charge is -2.17. The molecule has 26 heavy (non-hydrogen) atoms. The summed E-state index contributed by atoms with van der Waals surface area (Å²) in [4.78, 5) is 0. The van der Waals surface area contributed by atoms with Crippen LogP contribution in [0.2, 0.25) is 0 Å². The molecule has 0 saturated heterocycles. The second kappa shape index (κ2) is 6.43. The van der Waals surface area contributed by atoms with E-state index in [0.29, 0.717) is 19.5 Å². The molecule has 0 spiro atoms. The summed E-state index contributed by atoms with van der Waals surface area (Å²) in [5, 5.41) is 4.23. The second-order valence-corrected chi connectivity index (χ2v) is 6.61. The summed E-state index contributed by atoms with van der Waals surface area (Å²) >= 11 is 0. The number of halogens is 4. The quantitative estimate of drug-likeness (QED) is 0.669. The highest BCUT2D eigenvalue weighted by molar-refractivity contribution is 5.86. The summed E-state index contributed by atoms with van der Waals surface area (Å²) in [5.74, 6) is -0.259. The number of nitrogens with zero attached hydrogens (tertiary/aromatic N) is 1. The lowest BCUT2D eigenvalue weighted by Crippen LogP contribution is -2.24. The fraction of sp³-hybridized carbons (Fsp3) is 0.300. The number of hydrogen-bond donors (Lipinski definition) is 1. The minimum absolute atomic E-state index is 0.259. The van der Waals surface area contributed by atoms with Crippen molar-refractivity contribution in [2.45, 2.75) is 32.1 Å². The number of fused-ring (bicyclic) bond motifs is 3. The lowest BCUT2D eigenvalue weighted by atomic mass is 10.1. The van der Waals surface area contributed by atoms with Crippen molar-refractivity contribution in [3.05, 3.63) is 70.7 Å². The first-order valence-corrected chi connectivity index (χ1v) is 8.60. The Kier molecular flexibility index (Phi) is 4.23. The number of aromatic nitrogens is 1. The normalized spacial score (nSPS) is 14.6. The topological polar surface area (TPSA) is 17.0 Å². The third kappa shape index (κ3) is 3.09. The molecule has 0 amide bonds. The Morgan fingerprint density at radius 3 is 2.54 bits per heavy atom. The monoisotopic (exact) mass is 362 g/mol. The second-order valence-electron chi connectivity index (χ2n) is 6.61. The number of alkyl halides is 3. The minimum Gasteiger partial charge on any atom is -0.344 e. The van der Waals surface area contributed by atoms with Gasteiger partial charge in [-0.05, 0) is 47.9 Å². The van der Waals surface area contributed by atoms with Crippen LogP contribution in [0.25, 0.3) is 10.9 Å². The molecule has 1 N–H and O–H groups in total. The van der Waals surface area contributed by atoms with Gasteiger partial charge in [-0.15, -0.1) is 0 Å². The molecule has 2 heterocycles. The van der Waals surface area contributed by atoms with Gasteiger partial charge in [-0.25, -0.2) is 4.39 Å². The molecule has 1 aliphatic heterocycles. The number of hydrogen-bond acceptors (Lipinski definition) is 1. The van der Waals surface area contributed by atoms with Crippen molar-refractivity contribution in [1.29, 1.82) is 0 Å². The van der Waals surface area contributed by atoms with Crippen LogP contribution in [0, 0.1) is 5.82 Å². The molecule has 1 aliphatic rings. The van der Waals surface area contributed by atoms with Crippen molar-refractivity contribution in [2.75, 3.05) is 6.54 Å². The average molecular weight is 362 g/mol. The standard InChI is InChI=1S/C20H18F4N2/c21-15-5-6-18-16(11-15)17-12-25-9-7-19(17)26(18)10-8-13-1-3-14(4-2-13)20(22,23)24/h1-6,11,25H,7-10,12H2. The zero-order chi connectivity index (χ0) is 18.3. The van der Waals surface area contributed by atoms with Crippen LogP contribution in [0.15, 0.2) is 42.5 Å². The number of benzene rings is 2. The molecular weight excluding hydrogens is 344 g/mol. The van der Waals surface area contributed by atoms with E-state index in [2.05, 4.69) is 9.88 Å². The Hall–Kier alpha value is -2.34. The maximum Gasteiger partial charge on any atom is 0.416 e. The zero-order valence-corrected chi connectivity index (χ0v) is 14.0. The Morgan fingerprint density at radius 1 is 1.04 bits per heavy atom. The summed E-state index contributed by atoms with van der Waals surface area (Å²) < 4.78 is 53.9. The molecular formula is C20H18F4N2. The number of nitrogens with one attached hydrogen (secondary N) is 1. The Bertz CT molecular complexity index is 939. The van der Waals surface area contributed by atoms with E-state index in [9.17, 15) is 17.6 Å². The van der Waals surface area contributed by atoms with Crippen molar-refractivity contribution in [1.82, 2.24) is 9.88 Å². The van der Waals surface area contributed by atoms with Gasteiger partial charge in [0.1, 0.15) is 5.82 Å². The van der Waals surface area contributed by atoms with Gasteiger partial charge in [0.25, 0.3) is 0 Å². The molecule has 0 aliphatic carbocycles. The molecule has 0 unspecified atom stereocenters. The fourth-order valence-corrected chi connectivity index (χ4v) is 3.71. The SMILES string of the molecule is Fc1ccc2c(c1)c1c(n2CCc2ccc(C(F)(F)F)cc2)CCNC1. The average Bonchev–Trinajstić information content (AvgIpc) is 2.93. The maximum atomic E-state index is 13.7. The molecule has 0 radical (unpaired) electrons. The predicted molar refractivity (Wildman–Crippen MR) is 92.5 cm³/mol. The smallest absolute Gasteiger partial charge is 0.344 e. The molecule has 2 nitrogen and oxygen atoms in total. The molecule has 0 saturated carbocycles. The van der Waals surface area contributed by atoms with E-state index < -0.39 is 11.7 Å². The van der Waals surface area contributed by atoms with Gasteiger partial charge >= 0.3 is 6.18 Å². The summed E-state index contributed by atoms with van der Waals surface area (Å²) in [5.41, 5.74) is 3.51. The first-order valence-electron chi connectivity index (χ1n) is 8.60. The molecule has 4 rings (SSSR count). The van der Waals surface area contributed by atoms with Crippen LogP contribution in [0.1, 0.15) is 22.4 Å². The van der Waals surface area contributed by atoms with Crippen molar-refractivity contribution < 1.29 is 17.6 Å². The highest BCUT2D eigenvalue weighted by Crippen LogP contribution is 2.31. The Balaban J connectivity index is 1.63. The molecule has 6 heteroatoms. The van der Waals surface area contributed by atoms with Gasteiger partial charge in [0.2, 0.25) is 0 Å². The van der Waals surface area contributed by atoms with Gasteiger partial charge in [0.15, 0.2) is 0 Å². The van der Waals surface area contributed by atoms with Crippen molar-refractivity contribution in [3.8, 4) is 0 Å². The van der Waals surface area contributed by atoms with Crippen molar-refractivity contribution >= 4 is 10.9 Å². The summed E-state index contributed by atoms with van der Waals surface area (Å²) in [6, 6.07) is 10.1. The van der Waals surface area contributed by atoms with Gasteiger partial charge in [-0.2, -0.15) is 13.2 Å². The van der Waals surface area contributed by atoms with Crippen LogP contribution < -0.4 is 5.32 Å². The maximum absolute atomic E-state index is 13.7. The predicted octanol–water partition coefficient (Wildman–Crippen LogP) is 4.69. The van der Waals surface area contributed by atoms with Gasteiger partial charge in [-0.3, -0.25) is 0 Å². The van der Waals surface area contributed by atoms with Gasteiger partial charge in [0, 0.05) is 42.7 Å². The van der Waals surface area contributed by atoms with Crippen LogP contribution in [0.5, 0.6) is 0 Å². The molecule has 1 aromatic heterocycles. The molecule has 136 valence electrons. The van der Waals surface area contributed by atoms with Crippen LogP contribution in [0.4, 0.5) is 17.6 Å². The van der Waals surface area contributed by atoms with Gasteiger partial charge in [0.05, 0.1) is 5.56 Å². The Morgan fingerprint density at radius 2 is 1.81 bits per heavy atom. The van der Waals surface area contributed by atoms with E-state index in [1.54, 1.807) is 12.1 Å². The van der Waals surface area contributed by atoms with E-state index in [1.807, 2.05) is 0 Å². The van der Waals surface area contributed by atoms with Crippen LogP contribution >= 0.6 is 0 Å².